The summed E-state index contributed by atoms with van der Waals surface area (Å²) < 4.78 is 4.87. The predicted octanol–water partition coefficient (Wildman–Crippen LogP) is 1.77. The third-order valence-electron chi connectivity index (χ3n) is 0.739. The Morgan fingerprint density at radius 1 is 1.50 bits per heavy atom. The van der Waals surface area contributed by atoms with Crippen LogP contribution < -0.4 is 0 Å². The molecular formula is C6H14OS. The maximum Gasteiger partial charge on any atom is 0.0553 e. The van der Waals surface area contributed by atoms with Gasteiger partial charge in [-0.1, -0.05) is 13.8 Å². The summed E-state index contributed by atoms with van der Waals surface area (Å²) in [7, 11) is 1.74. The van der Waals surface area contributed by atoms with E-state index < -0.39 is 0 Å². The van der Waals surface area contributed by atoms with Crippen molar-refractivity contribution < 1.29 is 4.74 Å². The first-order chi connectivity index (χ1) is 3.77. The number of hydrogen-bond donors (Lipinski definition) is 0. The summed E-state index contributed by atoms with van der Waals surface area (Å²) in [6.07, 6.45) is 0. The molecule has 0 aliphatic heterocycles. The molecule has 0 bridgehead atoms. The second-order valence-electron chi connectivity index (χ2n) is 1.91. The first-order valence-electron chi connectivity index (χ1n) is 2.88. The van der Waals surface area contributed by atoms with Crippen molar-refractivity contribution >= 4 is 11.8 Å². The normalized spacial score (nSPS) is 10.5. The molecule has 8 heavy (non-hydrogen) atoms. The van der Waals surface area contributed by atoms with Crippen molar-refractivity contribution in [2.75, 3.05) is 19.5 Å². The van der Waals surface area contributed by atoms with Crippen LogP contribution in [0.3, 0.4) is 0 Å². The Morgan fingerprint density at radius 2 is 2.12 bits per heavy atom. The fraction of sp³-hybridized carbons (Fsp3) is 1.00. The summed E-state index contributed by atoms with van der Waals surface area (Å²) in [6, 6.07) is 0. The maximum atomic E-state index is 4.87. The van der Waals surface area contributed by atoms with Gasteiger partial charge >= 0.3 is 0 Å². The fourth-order valence-electron chi connectivity index (χ4n) is 0.367. The molecule has 0 rings (SSSR count). The van der Waals surface area contributed by atoms with Gasteiger partial charge in [0.2, 0.25) is 0 Å². The van der Waals surface area contributed by atoms with Crippen LogP contribution in [0.5, 0.6) is 0 Å². The van der Waals surface area contributed by atoms with Crippen LogP contribution in [0.1, 0.15) is 13.8 Å². The Morgan fingerprint density at radius 3 is 2.50 bits per heavy atom. The Kier molecular flexibility index (Phi) is 5.66. The minimum Gasteiger partial charge on any atom is -0.384 e. The summed E-state index contributed by atoms with van der Waals surface area (Å²) in [5, 5.41) is 0.741. The molecule has 0 saturated carbocycles. The van der Waals surface area contributed by atoms with Gasteiger partial charge in [-0.15, -0.1) is 0 Å². The van der Waals surface area contributed by atoms with Crippen LogP contribution >= 0.6 is 11.8 Å². The van der Waals surface area contributed by atoms with Crippen molar-refractivity contribution in [1.29, 1.82) is 0 Å². The van der Waals surface area contributed by atoms with Crippen LogP contribution in [0.4, 0.5) is 0 Å². The second kappa shape index (κ2) is 5.45. The van der Waals surface area contributed by atoms with Gasteiger partial charge in [-0.25, -0.2) is 0 Å². The highest BCUT2D eigenvalue weighted by Crippen LogP contribution is 2.07. The molecule has 0 atom stereocenters. The second-order valence-corrected chi connectivity index (χ2v) is 3.60. The van der Waals surface area contributed by atoms with E-state index in [2.05, 4.69) is 13.8 Å². The van der Waals surface area contributed by atoms with Gasteiger partial charge in [0.05, 0.1) is 6.61 Å². The summed E-state index contributed by atoms with van der Waals surface area (Å²) in [5.41, 5.74) is 0. The molecule has 0 heterocycles. The third kappa shape index (κ3) is 6.31. The van der Waals surface area contributed by atoms with Crippen LogP contribution in [0, 0.1) is 0 Å². The van der Waals surface area contributed by atoms with Crippen molar-refractivity contribution in [3.63, 3.8) is 0 Å². The lowest BCUT2D eigenvalue weighted by molar-refractivity contribution is 0.218. The fourth-order valence-corrected chi connectivity index (χ4v) is 1.10. The van der Waals surface area contributed by atoms with Crippen LogP contribution in [0.25, 0.3) is 0 Å². The highest BCUT2D eigenvalue weighted by atomic mass is 32.2. The molecule has 50 valence electrons. The number of rotatable bonds is 4. The molecule has 0 spiro atoms. The molecule has 0 saturated heterocycles. The minimum absolute atomic E-state index is 0.741. The molecule has 1 nitrogen and oxygen atoms in total. The molecule has 0 aromatic carbocycles. The largest absolute Gasteiger partial charge is 0.384 e. The smallest absolute Gasteiger partial charge is 0.0553 e. The average molecular weight is 134 g/mol. The van der Waals surface area contributed by atoms with Gasteiger partial charge in [-0.05, 0) is 5.25 Å². The summed E-state index contributed by atoms with van der Waals surface area (Å²) >= 11 is 1.93. The third-order valence-corrected chi connectivity index (χ3v) is 1.81. The van der Waals surface area contributed by atoms with E-state index in [9.17, 15) is 0 Å². The highest BCUT2D eigenvalue weighted by molar-refractivity contribution is 7.99. The number of methoxy groups -OCH3 is 1. The Labute approximate surface area is 55.8 Å². The molecule has 2 heteroatoms. The number of thioether (sulfide) groups is 1. The highest BCUT2D eigenvalue weighted by Gasteiger charge is 1.90. The van der Waals surface area contributed by atoms with Gasteiger partial charge in [0.15, 0.2) is 0 Å². The number of hydrogen-bond acceptors (Lipinski definition) is 2. The lowest BCUT2D eigenvalue weighted by Gasteiger charge is -2.01. The van der Waals surface area contributed by atoms with Gasteiger partial charge in [0.1, 0.15) is 0 Å². The first-order valence-corrected chi connectivity index (χ1v) is 3.92. The monoisotopic (exact) mass is 134 g/mol. The summed E-state index contributed by atoms with van der Waals surface area (Å²) in [6.45, 7) is 5.27. The number of ether oxygens (including phenoxy) is 1. The van der Waals surface area contributed by atoms with E-state index in [1.807, 2.05) is 11.8 Å². The Bertz CT molecular complexity index is 45.8. The zero-order chi connectivity index (χ0) is 6.41. The van der Waals surface area contributed by atoms with E-state index >= 15 is 0 Å². The van der Waals surface area contributed by atoms with E-state index in [1.54, 1.807) is 7.11 Å². The molecule has 0 amide bonds. The minimum atomic E-state index is 0.741. The molecule has 0 radical (unpaired) electrons. The standard InChI is InChI=1S/C6H14OS/c1-6(2)8-5-4-7-3/h6H,4-5H2,1-3H3. The van der Waals surface area contributed by atoms with Crippen LogP contribution in [0.2, 0.25) is 0 Å². The average Bonchev–Trinajstić information content (AvgIpc) is 1.66. The van der Waals surface area contributed by atoms with Gasteiger partial charge in [0.25, 0.3) is 0 Å². The molecular weight excluding hydrogens is 120 g/mol. The zero-order valence-electron chi connectivity index (χ0n) is 5.81. The quantitative estimate of drug-likeness (QED) is 0.542. The Balaban J connectivity index is 2.72. The molecule has 0 aromatic rings. The van der Waals surface area contributed by atoms with Crippen LogP contribution in [-0.4, -0.2) is 24.7 Å². The molecule has 0 aliphatic carbocycles. The van der Waals surface area contributed by atoms with Gasteiger partial charge in [-0.3, -0.25) is 0 Å². The van der Waals surface area contributed by atoms with Crippen molar-refractivity contribution in [3.8, 4) is 0 Å². The summed E-state index contributed by atoms with van der Waals surface area (Å²) in [4.78, 5) is 0. The molecule has 0 aromatic heterocycles. The van der Waals surface area contributed by atoms with E-state index in [1.165, 1.54) is 0 Å². The van der Waals surface area contributed by atoms with E-state index in [4.69, 9.17) is 4.74 Å². The van der Waals surface area contributed by atoms with Crippen molar-refractivity contribution in [3.05, 3.63) is 0 Å². The molecule has 0 fully saturated rings. The summed E-state index contributed by atoms with van der Waals surface area (Å²) in [5.74, 6) is 1.12. The van der Waals surface area contributed by atoms with Gasteiger partial charge in [0, 0.05) is 12.9 Å². The van der Waals surface area contributed by atoms with Crippen molar-refractivity contribution in [2.45, 2.75) is 19.1 Å². The molecule has 0 unspecified atom stereocenters. The van der Waals surface area contributed by atoms with Crippen LogP contribution in [-0.2, 0) is 4.74 Å². The van der Waals surface area contributed by atoms with Crippen molar-refractivity contribution in [2.24, 2.45) is 0 Å². The maximum absolute atomic E-state index is 4.87. The van der Waals surface area contributed by atoms with E-state index in [0.29, 0.717) is 0 Å². The SMILES string of the molecule is COCCSC(C)C. The van der Waals surface area contributed by atoms with Gasteiger partial charge in [-0.2, -0.15) is 11.8 Å². The Hall–Kier alpha value is 0.310. The van der Waals surface area contributed by atoms with Gasteiger partial charge < -0.3 is 4.74 Å². The van der Waals surface area contributed by atoms with Crippen LogP contribution in [0.15, 0.2) is 0 Å². The van der Waals surface area contributed by atoms with E-state index in [-0.39, 0.29) is 0 Å². The lowest BCUT2D eigenvalue weighted by Crippen LogP contribution is -1.95. The topological polar surface area (TPSA) is 9.23 Å². The first kappa shape index (κ1) is 8.31. The van der Waals surface area contributed by atoms with E-state index in [0.717, 1.165) is 17.6 Å². The lowest BCUT2D eigenvalue weighted by atomic mass is 10.6. The predicted molar refractivity (Wildman–Crippen MR) is 39.5 cm³/mol. The zero-order valence-corrected chi connectivity index (χ0v) is 6.62. The van der Waals surface area contributed by atoms with Crippen molar-refractivity contribution in [1.82, 2.24) is 0 Å². The molecule has 0 N–H and O–H groups in total. The molecule has 0 aliphatic rings.